The number of anilines is 1. The van der Waals surface area contributed by atoms with Gasteiger partial charge in [-0.2, -0.15) is 0 Å². The summed E-state index contributed by atoms with van der Waals surface area (Å²) in [4.78, 5) is 2.38. The highest BCUT2D eigenvalue weighted by Crippen LogP contribution is 2.22. The number of nitrogens with zero attached hydrogens (tertiary/aromatic N) is 1. The molecule has 0 amide bonds. The lowest BCUT2D eigenvalue weighted by Gasteiger charge is -2.34. The number of piperidine rings is 1. The summed E-state index contributed by atoms with van der Waals surface area (Å²) in [5.74, 6) is 0. The van der Waals surface area contributed by atoms with Crippen molar-refractivity contribution in [2.75, 3.05) is 24.6 Å². The Labute approximate surface area is 109 Å². The average molecular weight is 249 g/mol. The molecule has 1 N–H and O–H groups in total. The van der Waals surface area contributed by atoms with Gasteiger partial charge in [-0.05, 0) is 37.0 Å². The summed E-state index contributed by atoms with van der Waals surface area (Å²) in [5.41, 5.74) is 2.20. The van der Waals surface area contributed by atoms with Gasteiger partial charge in [-0.3, -0.25) is 0 Å². The largest absolute Gasteiger partial charge is 0.392 e. The van der Waals surface area contributed by atoms with Crippen LogP contribution in [0.2, 0.25) is 0 Å². The van der Waals surface area contributed by atoms with Gasteiger partial charge >= 0.3 is 0 Å². The third-order valence-corrected chi connectivity index (χ3v) is 3.42. The first-order valence-corrected chi connectivity index (χ1v) is 6.90. The molecule has 3 nitrogen and oxygen atoms in total. The van der Waals surface area contributed by atoms with Crippen molar-refractivity contribution < 1.29 is 9.84 Å². The normalized spacial score (nSPS) is 20.1. The van der Waals surface area contributed by atoms with Crippen LogP contribution in [0, 0.1) is 0 Å². The van der Waals surface area contributed by atoms with Gasteiger partial charge in [0.25, 0.3) is 0 Å². The third kappa shape index (κ3) is 3.47. The smallest absolute Gasteiger partial charge is 0.0750 e. The molecule has 1 aromatic carbocycles. The number of rotatable bonds is 5. The predicted molar refractivity (Wildman–Crippen MR) is 73.8 cm³/mol. The van der Waals surface area contributed by atoms with Crippen molar-refractivity contribution in [2.24, 2.45) is 0 Å². The molecule has 100 valence electrons. The number of aliphatic hydroxyl groups excluding tert-OH is 1. The number of benzene rings is 1. The van der Waals surface area contributed by atoms with Gasteiger partial charge in [0.05, 0.1) is 12.7 Å². The number of hydrogen-bond donors (Lipinski definition) is 1. The van der Waals surface area contributed by atoms with Gasteiger partial charge in [-0.1, -0.05) is 19.1 Å². The molecule has 1 saturated heterocycles. The van der Waals surface area contributed by atoms with Crippen LogP contribution >= 0.6 is 0 Å². The summed E-state index contributed by atoms with van der Waals surface area (Å²) in [5, 5.41) is 9.04. The lowest BCUT2D eigenvalue weighted by atomic mass is 10.1. The van der Waals surface area contributed by atoms with E-state index in [9.17, 15) is 0 Å². The van der Waals surface area contributed by atoms with Crippen LogP contribution in [0.15, 0.2) is 24.3 Å². The van der Waals surface area contributed by atoms with Crippen LogP contribution in [0.25, 0.3) is 0 Å². The standard InChI is InChI=1S/C15H23NO2/c1-2-10-18-15-4-3-9-16(11-15)14-7-5-13(12-17)6-8-14/h5-8,15,17H,2-4,9-12H2,1H3. The monoisotopic (exact) mass is 249 g/mol. The maximum absolute atomic E-state index is 9.04. The molecule has 2 rings (SSSR count). The van der Waals surface area contributed by atoms with Crippen LogP contribution in [0.4, 0.5) is 5.69 Å². The van der Waals surface area contributed by atoms with Crippen molar-refractivity contribution in [1.29, 1.82) is 0 Å². The molecule has 0 saturated carbocycles. The van der Waals surface area contributed by atoms with Crippen molar-refractivity contribution in [3.63, 3.8) is 0 Å². The first-order chi connectivity index (χ1) is 8.83. The van der Waals surface area contributed by atoms with E-state index >= 15 is 0 Å². The zero-order valence-electron chi connectivity index (χ0n) is 11.1. The molecular formula is C15H23NO2. The van der Waals surface area contributed by atoms with Crippen molar-refractivity contribution in [1.82, 2.24) is 0 Å². The topological polar surface area (TPSA) is 32.7 Å². The van der Waals surface area contributed by atoms with Crippen LogP contribution in [0.1, 0.15) is 31.7 Å². The van der Waals surface area contributed by atoms with E-state index in [4.69, 9.17) is 9.84 Å². The average Bonchev–Trinajstić information content (AvgIpc) is 2.45. The van der Waals surface area contributed by atoms with Gasteiger partial charge in [0, 0.05) is 25.4 Å². The third-order valence-electron chi connectivity index (χ3n) is 3.42. The summed E-state index contributed by atoms with van der Waals surface area (Å²) in [6, 6.07) is 8.17. The van der Waals surface area contributed by atoms with Gasteiger partial charge < -0.3 is 14.7 Å². The number of aliphatic hydroxyl groups is 1. The highest BCUT2D eigenvalue weighted by molar-refractivity contribution is 5.48. The van der Waals surface area contributed by atoms with E-state index in [-0.39, 0.29) is 6.61 Å². The lowest BCUT2D eigenvalue weighted by molar-refractivity contribution is 0.0440. The Morgan fingerprint density at radius 2 is 2.11 bits per heavy atom. The SMILES string of the molecule is CCCOC1CCCN(c2ccc(CO)cc2)C1. The van der Waals surface area contributed by atoms with E-state index in [1.807, 2.05) is 12.1 Å². The lowest BCUT2D eigenvalue weighted by Crippen LogP contribution is -2.39. The Hall–Kier alpha value is -1.06. The van der Waals surface area contributed by atoms with E-state index < -0.39 is 0 Å². The number of ether oxygens (including phenoxy) is 1. The maximum Gasteiger partial charge on any atom is 0.0750 e. The van der Waals surface area contributed by atoms with Crippen LogP contribution in [0.3, 0.4) is 0 Å². The van der Waals surface area contributed by atoms with Crippen molar-refractivity contribution in [3.8, 4) is 0 Å². The molecule has 0 radical (unpaired) electrons. The molecule has 1 aromatic rings. The second kappa shape index (κ2) is 6.76. The van der Waals surface area contributed by atoms with Crippen LogP contribution in [-0.4, -0.2) is 30.9 Å². The Balaban J connectivity index is 1.94. The predicted octanol–water partition coefficient (Wildman–Crippen LogP) is 2.57. The molecule has 3 heteroatoms. The highest BCUT2D eigenvalue weighted by Gasteiger charge is 2.20. The molecular weight excluding hydrogens is 226 g/mol. The fraction of sp³-hybridized carbons (Fsp3) is 0.600. The van der Waals surface area contributed by atoms with E-state index in [2.05, 4.69) is 24.0 Å². The fourth-order valence-corrected chi connectivity index (χ4v) is 2.41. The molecule has 1 aliphatic heterocycles. The first-order valence-electron chi connectivity index (χ1n) is 6.90. The number of hydrogen-bond acceptors (Lipinski definition) is 3. The molecule has 1 unspecified atom stereocenters. The second-order valence-electron chi connectivity index (χ2n) is 4.91. The molecule has 1 heterocycles. The summed E-state index contributed by atoms with van der Waals surface area (Å²) in [6.45, 7) is 5.21. The van der Waals surface area contributed by atoms with E-state index in [0.717, 1.165) is 31.7 Å². The van der Waals surface area contributed by atoms with Crippen LogP contribution < -0.4 is 4.90 Å². The highest BCUT2D eigenvalue weighted by atomic mass is 16.5. The maximum atomic E-state index is 9.04. The Morgan fingerprint density at radius 3 is 2.78 bits per heavy atom. The van der Waals surface area contributed by atoms with Crippen LogP contribution in [0.5, 0.6) is 0 Å². The Kier molecular flexibility index (Phi) is 5.02. The zero-order valence-corrected chi connectivity index (χ0v) is 11.1. The second-order valence-corrected chi connectivity index (χ2v) is 4.91. The minimum absolute atomic E-state index is 0.114. The first kappa shape index (κ1) is 13.4. The fourth-order valence-electron chi connectivity index (χ4n) is 2.41. The summed E-state index contributed by atoms with van der Waals surface area (Å²) in [6.07, 6.45) is 3.82. The Morgan fingerprint density at radius 1 is 1.33 bits per heavy atom. The van der Waals surface area contributed by atoms with E-state index in [1.165, 1.54) is 18.5 Å². The van der Waals surface area contributed by atoms with Crippen molar-refractivity contribution in [3.05, 3.63) is 29.8 Å². The van der Waals surface area contributed by atoms with Crippen molar-refractivity contribution in [2.45, 2.75) is 38.9 Å². The van der Waals surface area contributed by atoms with Gasteiger partial charge in [-0.25, -0.2) is 0 Å². The molecule has 0 bridgehead atoms. The molecule has 1 atom stereocenters. The van der Waals surface area contributed by atoms with E-state index in [0.29, 0.717) is 6.10 Å². The molecule has 18 heavy (non-hydrogen) atoms. The summed E-state index contributed by atoms with van der Waals surface area (Å²) < 4.78 is 5.85. The Bertz CT molecular complexity index is 350. The van der Waals surface area contributed by atoms with Gasteiger partial charge in [0.2, 0.25) is 0 Å². The van der Waals surface area contributed by atoms with Gasteiger partial charge in [0.1, 0.15) is 0 Å². The zero-order chi connectivity index (χ0) is 12.8. The molecule has 1 aliphatic rings. The van der Waals surface area contributed by atoms with Crippen LogP contribution in [-0.2, 0) is 11.3 Å². The minimum Gasteiger partial charge on any atom is -0.392 e. The van der Waals surface area contributed by atoms with Gasteiger partial charge in [-0.15, -0.1) is 0 Å². The van der Waals surface area contributed by atoms with Gasteiger partial charge in [0.15, 0.2) is 0 Å². The quantitative estimate of drug-likeness (QED) is 0.870. The van der Waals surface area contributed by atoms with E-state index in [1.54, 1.807) is 0 Å². The molecule has 1 fully saturated rings. The summed E-state index contributed by atoms with van der Waals surface area (Å²) in [7, 11) is 0. The summed E-state index contributed by atoms with van der Waals surface area (Å²) >= 11 is 0. The minimum atomic E-state index is 0.114. The molecule has 0 aromatic heterocycles. The molecule has 0 aliphatic carbocycles. The van der Waals surface area contributed by atoms with Crippen molar-refractivity contribution >= 4 is 5.69 Å². The molecule has 0 spiro atoms.